The number of likely N-dealkylation sites (tertiary alicyclic amines) is 1. The van der Waals surface area contributed by atoms with Gasteiger partial charge in [-0.1, -0.05) is 0 Å². The molecule has 6 nitrogen and oxygen atoms in total. The minimum Gasteiger partial charge on any atom is -0.378 e. The van der Waals surface area contributed by atoms with E-state index in [0.717, 1.165) is 70.2 Å². The summed E-state index contributed by atoms with van der Waals surface area (Å²) in [6.45, 7) is 13.8. The van der Waals surface area contributed by atoms with Gasteiger partial charge in [0.15, 0.2) is 5.96 Å². The van der Waals surface area contributed by atoms with Gasteiger partial charge in [-0.05, 0) is 53.0 Å². The fourth-order valence-electron chi connectivity index (χ4n) is 3.20. The molecule has 0 unspecified atom stereocenters. The third kappa shape index (κ3) is 7.13. The summed E-state index contributed by atoms with van der Waals surface area (Å²) in [6.07, 6.45) is 3.60. The zero-order valence-electron chi connectivity index (χ0n) is 16.1. The van der Waals surface area contributed by atoms with Crippen LogP contribution in [0.5, 0.6) is 0 Å². The van der Waals surface area contributed by atoms with Gasteiger partial charge in [0.2, 0.25) is 0 Å². The van der Waals surface area contributed by atoms with Crippen LogP contribution in [0.1, 0.15) is 44.5 Å². The lowest BCUT2D eigenvalue weighted by atomic mass is 10.1. The van der Waals surface area contributed by atoms with Gasteiger partial charge in [-0.3, -0.25) is 9.67 Å². The van der Waals surface area contributed by atoms with E-state index in [1.54, 1.807) is 0 Å². The van der Waals surface area contributed by atoms with Gasteiger partial charge >= 0.3 is 0 Å². The van der Waals surface area contributed by atoms with E-state index < -0.39 is 0 Å². The first-order valence-electron chi connectivity index (χ1n) is 9.30. The SMILES string of the molecule is CCNC(=NCCCn1nc(C)cc1C)N1CCC(OCC)CC1.I. The maximum Gasteiger partial charge on any atom is 0.193 e. The van der Waals surface area contributed by atoms with Gasteiger partial charge in [0, 0.05) is 45.0 Å². The molecule has 0 bridgehead atoms. The summed E-state index contributed by atoms with van der Waals surface area (Å²) >= 11 is 0. The second-order valence-corrected chi connectivity index (χ2v) is 6.38. The number of guanidine groups is 1. The molecule has 0 amide bonds. The number of hydrogen-bond acceptors (Lipinski definition) is 3. The van der Waals surface area contributed by atoms with Gasteiger partial charge in [0.25, 0.3) is 0 Å². The van der Waals surface area contributed by atoms with E-state index in [9.17, 15) is 0 Å². The number of rotatable bonds is 7. The Bertz CT molecular complexity index is 524. The van der Waals surface area contributed by atoms with E-state index in [2.05, 4.69) is 46.8 Å². The van der Waals surface area contributed by atoms with E-state index >= 15 is 0 Å². The molecule has 1 aromatic heterocycles. The van der Waals surface area contributed by atoms with E-state index in [-0.39, 0.29) is 24.0 Å². The first-order chi connectivity index (χ1) is 11.6. The summed E-state index contributed by atoms with van der Waals surface area (Å²) in [5.74, 6) is 1.04. The molecule has 144 valence electrons. The zero-order valence-corrected chi connectivity index (χ0v) is 18.5. The van der Waals surface area contributed by atoms with Crippen molar-refractivity contribution >= 4 is 29.9 Å². The van der Waals surface area contributed by atoms with Crippen molar-refractivity contribution in [3.8, 4) is 0 Å². The Balaban J connectivity index is 0.00000312. The van der Waals surface area contributed by atoms with Crippen LogP contribution in [0.15, 0.2) is 11.1 Å². The summed E-state index contributed by atoms with van der Waals surface area (Å²) in [5, 5.41) is 7.93. The number of ether oxygens (including phenoxy) is 1. The lowest BCUT2D eigenvalue weighted by molar-refractivity contribution is 0.0264. The molecule has 0 aliphatic carbocycles. The van der Waals surface area contributed by atoms with Crippen molar-refractivity contribution in [2.45, 2.75) is 59.6 Å². The highest BCUT2D eigenvalue weighted by Crippen LogP contribution is 2.13. The highest BCUT2D eigenvalue weighted by Gasteiger charge is 2.21. The van der Waals surface area contributed by atoms with Crippen LogP contribution >= 0.6 is 24.0 Å². The number of aromatic nitrogens is 2. The van der Waals surface area contributed by atoms with E-state index in [0.29, 0.717) is 6.10 Å². The highest BCUT2D eigenvalue weighted by atomic mass is 127. The second-order valence-electron chi connectivity index (χ2n) is 6.38. The monoisotopic (exact) mass is 463 g/mol. The number of aryl methyl sites for hydroxylation is 3. The van der Waals surface area contributed by atoms with Gasteiger partial charge < -0.3 is 15.0 Å². The number of nitrogens with zero attached hydrogens (tertiary/aromatic N) is 4. The Hall–Kier alpha value is -0.830. The number of nitrogens with one attached hydrogen (secondary N) is 1. The Labute approximate surface area is 169 Å². The molecule has 0 aromatic carbocycles. The second kappa shape index (κ2) is 11.7. The average molecular weight is 463 g/mol. The lowest BCUT2D eigenvalue weighted by Crippen LogP contribution is -2.47. The minimum atomic E-state index is 0. The molecule has 0 atom stereocenters. The predicted molar refractivity (Wildman–Crippen MR) is 114 cm³/mol. The summed E-state index contributed by atoms with van der Waals surface area (Å²) in [6, 6.07) is 2.12. The molecule has 25 heavy (non-hydrogen) atoms. The van der Waals surface area contributed by atoms with Crippen LogP contribution in [0.3, 0.4) is 0 Å². The molecule has 1 saturated heterocycles. The normalized spacial score (nSPS) is 16.0. The van der Waals surface area contributed by atoms with Gasteiger partial charge in [0.05, 0.1) is 11.8 Å². The first-order valence-corrected chi connectivity index (χ1v) is 9.30. The largest absolute Gasteiger partial charge is 0.378 e. The van der Waals surface area contributed by atoms with Crippen LogP contribution in [-0.2, 0) is 11.3 Å². The van der Waals surface area contributed by atoms with Crippen LogP contribution in [-0.4, -0.2) is 59.5 Å². The third-order valence-electron chi connectivity index (χ3n) is 4.37. The van der Waals surface area contributed by atoms with Gasteiger partial charge in [0.1, 0.15) is 0 Å². The van der Waals surface area contributed by atoms with Crippen LogP contribution in [0, 0.1) is 13.8 Å². The van der Waals surface area contributed by atoms with Crippen LogP contribution < -0.4 is 5.32 Å². The Morgan fingerprint density at radius 2 is 2.04 bits per heavy atom. The maximum atomic E-state index is 5.73. The van der Waals surface area contributed by atoms with Crippen LogP contribution in [0.4, 0.5) is 0 Å². The van der Waals surface area contributed by atoms with Crippen LogP contribution in [0.25, 0.3) is 0 Å². The molecule has 0 spiro atoms. The van der Waals surface area contributed by atoms with Crippen molar-refractivity contribution < 1.29 is 4.74 Å². The molecule has 1 N–H and O–H groups in total. The van der Waals surface area contributed by atoms with Gasteiger partial charge in [-0.15, -0.1) is 24.0 Å². The fourth-order valence-corrected chi connectivity index (χ4v) is 3.20. The number of hydrogen-bond donors (Lipinski definition) is 1. The number of aliphatic imine (C=N–C) groups is 1. The summed E-state index contributed by atoms with van der Waals surface area (Å²) in [5.41, 5.74) is 2.31. The molecule has 2 heterocycles. The molecule has 1 aliphatic heterocycles. The first kappa shape index (κ1) is 22.2. The zero-order chi connectivity index (χ0) is 17.4. The number of halogens is 1. The highest BCUT2D eigenvalue weighted by molar-refractivity contribution is 14.0. The van der Waals surface area contributed by atoms with Crippen molar-refractivity contribution in [3.63, 3.8) is 0 Å². The summed E-state index contributed by atoms with van der Waals surface area (Å²) in [4.78, 5) is 7.17. The lowest BCUT2D eigenvalue weighted by Gasteiger charge is -2.34. The standard InChI is InChI=1S/C18H33N5O.HI/c1-5-19-18(22-12-8-17(9-13-22)24-6-2)20-10-7-11-23-16(4)14-15(3)21-23;/h14,17H,5-13H2,1-4H3,(H,19,20);1H. The molecule has 7 heteroatoms. The third-order valence-corrected chi connectivity index (χ3v) is 4.37. The molecule has 0 radical (unpaired) electrons. The molecular formula is C18H34IN5O. The van der Waals surface area contributed by atoms with Crippen molar-refractivity contribution in [3.05, 3.63) is 17.5 Å². The smallest absolute Gasteiger partial charge is 0.193 e. The van der Waals surface area contributed by atoms with Crippen molar-refractivity contribution in [1.82, 2.24) is 20.0 Å². The molecule has 1 fully saturated rings. The van der Waals surface area contributed by atoms with Crippen molar-refractivity contribution in [2.24, 2.45) is 4.99 Å². The van der Waals surface area contributed by atoms with E-state index in [1.807, 2.05) is 6.92 Å². The molecule has 1 aromatic rings. The predicted octanol–water partition coefficient (Wildman–Crippen LogP) is 2.97. The molecule has 1 aliphatic rings. The molecule has 0 saturated carbocycles. The Morgan fingerprint density at radius 1 is 1.32 bits per heavy atom. The fraction of sp³-hybridized carbons (Fsp3) is 0.778. The van der Waals surface area contributed by atoms with E-state index in [1.165, 1.54) is 5.69 Å². The van der Waals surface area contributed by atoms with Crippen molar-refractivity contribution in [2.75, 3.05) is 32.8 Å². The quantitative estimate of drug-likeness (QED) is 0.293. The molecule has 2 rings (SSSR count). The number of piperidine rings is 1. The van der Waals surface area contributed by atoms with Gasteiger partial charge in [-0.2, -0.15) is 5.10 Å². The maximum absolute atomic E-state index is 5.73. The minimum absolute atomic E-state index is 0. The Kier molecular flexibility index (Phi) is 10.4. The summed E-state index contributed by atoms with van der Waals surface area (Å²) < 4.78 is 7.81. The summed E-state index contributed by atoms with van der Waals surface area (Å²) in [7, 11) is 0. The van der Waals surface area contributed by atoms with Gasteiger partial charge in [-0.25, -0.2) is 0 Å². The topological polar surface area (TPSA) is 54.7 Å². The van der Waals surface area contributed by atoms with Crippen LogP contribution in [0.2, 0.25) is 0 Å². The molecular weight excluding hydrogens is 429 g/mol. The average Bonchev–Trinajstić information content (AvgIpc) is 2.89. The van der Waals surface area contributed by atoms with E-state index in [4.69, 9.17) is 9.73 Å². The van der Waals surface area contributed by atoms with Crippen molar-refractivity contribution in [1.29, 1.82) is 0 Å². The Morgan fingerprint density at radius 3 is 2.60 bits per heavy atom.